The average molecular weight is 231 g/mol. The van der Waals surface area contributed by atoms with E-state index in [4.69, 9.17) is 9.52 Å². The Balaban J connectivity index is 2.73. The van der Waals surface area contributed by atoms with Crippen LogP contribution in [-0.2, 0) is 6.18 Å². The quantitative estimate of drug-likeness (QED) is 0.819. The summed E-state index contributed by atoms with van der Waals surface area (Å²) >= 11 is 0. The Morgan fingerprint density at radius 1 is 1.44 bits per heavy atom. The zero-order chi connectivity index (χ0) is 11.9. The smallest absolute Gasteiger partial charge is 0.434 e. The van der Waals surface area contributed by atoms with Crippen molar-refractivity contribution < 1.29 is 27.5 Å². The summed E-state index contributed by atoms with van der Waals surface area (Å²) in [5, 5.41) is 8.23. The van der Waals surface area contributed by atoms with Crippen LogP contribution >= 0.6 is 0 Å². The van der Waals surface area contributed by atoms with Gasteiger partial charge in [0.2, 0.25) is 5.76 Å². The Bertz CT molecular complexity index is 559. The Hall–Kier alpha value is -2.05. The molecule has 84 valence electrons. The highest BCUT2D eigenvalue weighted by Crippen LogP contribution is 2.34. The van der Waals surface area contributed by atoms with Crippen molar-refractivity contribution in [3.63, 3.8) is 0 Å². The summed E-state index contributed by atoms with van der Waals surface area (Å²) in [7, 11) is 0. The third-order valence-corrected chi connectivity index (χ3v) is 1.92. The highest BCUT2D eigenvalue weighted by molar-refractivity contribution is 5.92. The van der Waals surface area contributed by atoms with Crippen LogP contribution in [0.25, 0.3) is 11.0 Å². The Morgan fingerprint density at radius 2 is 2.12 bits per heavy atom. The van der Waals surface area contributed by atoms with E-state index < -0.39 is 23.6 Å². The predicted molar refractivity (Wildman–Crippen MR) is 46.0 cm³/mol. The molecule has 2 rings (SSSR count). The molecular weight excluding hydrogens is 227 g/mol. The number of pyridine rings is 1. The second-order valence-corrected chi connectivity index (χ2v) is 2.98. The van der Waals surface area contributed by atoms with Crippen LogP contribution in [0.3, 0.4) is 0 Å². The molecule has 1 N–H and O–H groups in total. The van der Waals surface area contributed by atoms with E-state index in [1.807, 2.05) is 0 Å². The standard InChI is InChI=1S/C9H4F3NO3/c10-9(11,12)7-4-3-6(8(14)15)16-5(4)1-2-13-7/h1-3H,(H,14,15). The van der Waals surface area contributed by atoms with Crippen molar-refractivity contribution in [3.8, 4) is 0 Å². The molecule has 0 unspecified atom stereocenters. The number of carboxylic acids is 1. The van der Waals surface area contributed by atoms with Crippen LogP contribution in [0, 0.1) is 0 Å². The molecule has 2 heterocycles. The highest BCUT2D eigenvalue weighted by atomic mass is 19.4. The molecule has 0 amide bonds. The third kappa shape index (κ3) is 1.60. The number of rotatable bonds is 1. The average Bonchev–Trinajstić information content (AvgIpc) is 2.58. The SMILES string of the molecule is O=C(O)c1cc2c(C(F)(F)F)nccc2o1. The van der Waals surface area contributed by atoms with Gasteiger partial charge < -0.3 is 9.52 Å². The summed E-state index contributed by atoms with van der Waals surface area (Å²) in [6.45, 7) is 0. The minimum Gasteiger partial charge on any atom is -0.475 e. The van der Waals surface area contributed by atoms with E-state index >= 15 is 0 Å². The van der Waals surface area contributed by atoms with Gasteiger partial charge in [0, 0.05) is 12.3 Å². The van der Waals surface area contributed by atoms with Crippen molar-refractivity contribution in [2.24, 2.45) is 0 Å². The van der Waals surface area contributed by atoms with Gasteiger partial charge in [-0.1, -0.05) is 0 Å². The molecule has 0 atom stereocenters. The first-order valence-electron chi connectivity index (χ1n) is 4.08. The Labute approximate surface area is 86.3 Å². The second kappa shape index (κ2) is 3.22. The first kappa shape index (κ1) is 10.5. The maximum absolute atomic E-state index is 12.5. The molecule has 7 heteroatoms. The van der Waals surface area contributed by atoms with Crippen LogP contribution in [0.4, 0.5) is 13.2 Å². The molecule has 0 saturated heterocycles. The number of carboxylic acid groups (broad SMARTS) is 1. The van der Waals surface area contributed by atoms with Crippen LogP contribution < -0.4 is 0 Å². The van der Waals surface area contributed by atoms with Gasteiger partial charge in [0.1, 0.15) is 5.58 Å². The molecule has 2 aromatic rings. The van der Waals surface area contributed by atoms with Gasteiger partial charge in [0.15, 0.2) is 5.69 Å². The fourth-order valence-corrected chi connectivity index (χ4v) is 1.29. The van der Waals surface area contributed by atoms with E-state index in [-0.39, 0.29) is 11.0 Å². The number of carbonyl (C=O) groups is 1. The van der Waals surface area contributed by atoms with E-state index in [9.17, 15) is 18.0 Å². The molecular formula is C9H4F3NO3. The summed E-state index contributed by atoms with van der Waals surface area (Å²) in [5.74, 6) is -1.97. The maximum Gasteiger partial charge on any atom is 0.434 e. The minimum absolute atomic E-state index is 0.153. The fourth-order valence-electron chi connectivity index (χ4n) is 1.29. The summed E-state index contributed by atoms with van der Waals surface area (Å²) in [6, 6.07) is 1.99. The largest absolute Gasteiger partial charge is 0.475 e. The van der Waals surface area contributed by atoms with Crippen molar-refractivity contribution in [2.45, 2.75) is 6.18 Å². The molecule has 0 bridgehead atoms. The van der Waals surface area contributed by atoms with E-state index in [0.717, 1.165) is 12.3 Å². The molecule has 0 aliphatic carbocycles. The zero-order valence-electron chi connectivity index (χ0n) is 7.58. The molecule has 0 aromatic carbocycles. The molecule has 4 nitrogen and oxygen atoms in total. The number of fused-ring (bicyclic) bond motifs is 1. The first-order chi connectivity index (χ1) is 7.39. The van der Waals surface area contributed by atoms with Gasteiger partial charge >= 0.3 is 12.1 Å². The molecule has 0 fully saturated rings. The fraction of sp³-hybridized carbons (Fsp3) is 0.111. The molecule has 0 aliphatic rings. The van der Waals surface area contributed by atoms with Crippen LogP contribution in [0.15, 0.2) is 22.7 Å². The number of hydrogen-bond donors (Lipinski definition) is 1. The van der Waals surface area contributed by atoms with Gasteiger partial charge in [-0.25, -0.2) is 4.79 Å². The van der Waals surface area contributed by atoms with Gasteiger partial charge in [0.25, 0.3) is 0 Å². The maximum atomic E-state index is 12.5. The summed E-state index contributed by atoms with van der Waals surface area (Å²) in [4.78, 5) is 13.7. The van der Waals surface area contributed by atoms with Gasteiger partial charge in [-0.2, -0.15) is 13.2 Å². The summed E-state index contributed by atoms with van der Waals surface area (Å²) in [6.07, 6.45) is -3.72. The zero-order valence-corrected chi connectivity index (χ0v) is 7.58. The highest BCUT2D eigenvalue weighted by Gasteiger charge is 2.35. The second-order valence-electron chi connectivity index (χ2n) is 2.98. The lowest BCUT2D eigenvalue weighted by molar-refractivity contribution is -0.139. The van der Waals surface area contributed by atoms with E-state index in [1.165, 1.54) is 6.07 Å². The molecule has 0 radical (unpaired) electrons. The summed E-state index contributed by atoms with van der Waals surface area (Å²) in [5.41, 5.74) is -1.30. The molecule has 0 aliphatic heterocycles. The monoisotopic (exact) mass is 231 g/mol. The lowest BCUT2D eigenvalue weighted by atomic mass is 10.2. The minimum atomic E-state index is -4.64. The van der Waals surface area contributed by atoms with Crippen molar-refractivity contribution in [2.75, 3.05) is 0 Å². The van der Waals surface area contributed by atoms with Crippen LogP contribution in [0.5, 0.6) is 0 Å². The van der Waals surface area contributed by atoms with Crippen LogP contribution in [0.1, 0.15) is 16.2 Å². The molecule has 0 spiro atoms. The molecule has 2 aromatic heterocycles. The first-order valence-corrected chi connectivity index (χ1v) is 4.08. The van der Waals surface area contributed by atoms with Crippen molar-refractivity contribution >= 4 is 16.9 Å². The van der Waals surface area contributed by atoms with E-state index in [2.05, 4.69) is 4.98 Å². The summed E-state index contributed by atoms with van der Waals surface area (Å²) < 4.78 is 42.2. The van der Waals surface area contributed by atoms with E-state index in [0.29, 0.717) is 0 Å². The lowest BCUT2D eigenvalue weighted by Crippen LogP contribution is -2.07. The van der Waals surface area contributed by atoms with Crippen molar-refractivity contribution in [1.29, 1.82) is 0 Å². The number of aromatic carboxylic acids is 1. The molecule has 0 saturated carbocycles. The number of hydrogen-bond acceptors (Lipinski definition) is 3. The van der Waals surface area contributed by atoms with Gasteiger partial charge in [-0.3, -0.25) is 4.98 Å². The van der Waals surface area contributed by atoms with E-state index in [1.54, 1.807) is 0 Å². The predicted octanol–water partition coefficient (Wildman–Crippen LogP) is 2.54. The van der Waals surface area contributed by atoms with Crippen LogP contribution in [-0.4, -0.2) is 16.1 Å². The normalized spacial score (nSPS) is 11.9. The van der Waals surface area contributed by atoms with Crippen LogP contribution in [0.2, 0.25) is 0 Å². The van der Waals surface area contributed by atoms with Gasteiger partial charge in [-0.05, 0) is 6.07 Å². The van der Waals surface area contributed by atoms with Crippen molar-refractivity contribution in [1.82, 2.24) is 4.98 Å². The van der Waals surface area contributed by atoms with Gasteiger partial charge in [0.05, 0.1) is 5.39 Å². The van der Waals surface area contributed by atoms with Gasteiger partial charge in [-0.15, -0.1) is 0 Å². The number of aromatic nitrogens is 1. The number of furan rings is 1. The Kier molecular flexibility index (Phi) is 2.11. The van der Waals surface area contributed by atoms with Crippen molar-refractivity contribution in [3.05, 3.63) is 29.8 Å². The third-order valence-electron chi connectivity index (χ3n) is 1.92. The Morgan fingerprint density at radius 3 is 2.69 bits per heavy atom. The number of alkyl halides is 3. The number of halogens is 3. The topological polar surface area (TPSA) is 63.3 Å². The lowest BCUT2D eigenvalue weighted by Gasteiger charge is -2.04. The molecule has 16 heavy (non-hydrogen) atoms. The number of nitrogens with zero attached hydrogens (tertiary/aromatic N) is 1.